The standard InChI is InChI=1S/C14H10Cl3FO/c15-9-5-4-8(6-12(9)18)7-13(19)14-10(16)2-1-3-11(14)17/h1-6,13,19H,7H2. The van der Waals surface area contributed by atoms with Crippen LogP contribution in [-0.2, 0) is 6.42 Å². The second kappa shape index (κ2) is 6.10. The summed E-state index contributed by atoms with van der Waals surface area (Å²) in [5.41, 5.74) is 1.06. The highest BCUT2D eigenvalue weighted by atomic mass is 35.5. The summed E-state index contributed by atoms with van der Waals surface area (Å²) in [6, 6.07) is 9.38. The molecule has 5 heteroatoms. The van der Waals surface area contributed by atoms with E-state index in [9.17, 15) is 9.50 Å². The maximum atomic E-state index is 13.3. The molecule has 100 valence electrons. The predicted molar refractivity (Wildman–Crippen MR) is 76.5 cm³/mol. The third-order valence-corrected chi connectivity index (χ3v) is 3.71. The normalized spacial score (nSPS) is 12.5. The van der Waals surface area contributed by atoms with Gasteiger partial charge < -0.3 is 5.11 Å². The van der Waals surface area contributed by atoms with Gasteiger partial charge >= 0.3 is 0 Å². The molecule has 0 saturated heterocycles. The third-order valence-electron chi connectivity index (χ3n) is 2.75. The van der Waals surface area contributed by atoms with Gasteiger partial charge in [0, 0.05) is 22.0 Å². The first kappa shape index (κ1) is 14.6. The van der Waals surface area contributed by atoms with Gasteiger partial charge in [0.1, 0.15) is 5.82 Å². The van der Waals surface area contributed by atoms with Gasteiger partial charge in [0.25, 0.3) is 0 Å². The molecule has 2 rings (SSSR count). The van der Waals surface area contributed by atoms with E-state index in [2.05, 4.69) is 0 Å². The maximum Gasteiger partial charge on any atom is 0.142 e. The Hall–Kier alpha value is -0.800. The first-order valence-corrected chi connectivity index (χ1v) is 6.68. The zero-order chi connectivity index (χ0) is 14.0. The van der Waals surface area contributed by atoms with E-state index in [4.69, 9.17) is 34.8 Å². The van der Waals surface area contributed by atoms with Crippen LogP contribution in [0.5, 0.6) is 0 Å². The van der Waals surface area contributed by atoms with Gasteiger partial charge in [-0.3, -0.25) is 0 Å². The summed E-state index contributed by atoms with van der Waals surface area (Å²) in [6.07, 6.45) is -0.695. The van der Waals surface area contributed by atoms with Crippen molar-refractivity contribution < 1.29 is 9.50 Å². The fourth-order valence-electron chi connectivity index (χ4n) is 1.82. The van der Waals surface area contributed by atoms with Gasteiger partial charge in [0.2, 0.25) is 0 Å². The van der Waals surface area contributed by atoms with Crippen LogP contribution in [-0.4, -0.2) is 5.11 Å². The SMILES string of the molecule is OC(Cc1ccc(Cl)c(F)c1)c1c(Cl)cccc1Cl. The van der Waals surface area contributed by atoms with Gasteiger partial charge in [-0.05, 0) is 29.8 Å². The number of hydrogen-bond acceptors (Lipinski definition) is 1. The summed E-state index contributed by atoms with van der Waals surface area (Å²) in [4.78, 5) is 0. The Morgan fingerprint density at radius 2 is 1.63 bits per heavy atom. The lowest BCUT2D eigenvalue weighted by Gasteiger charge is -2.14. The molecule has 1 atom stereocenters. The summed E-state index contributed by atoms with van der Waals surface area (Å²) in [5.74, 6) is -0.517. The van der Waals surface area contributed by atoms with Crippen molar-refractivity contribution >= 4 is 34.8 Å². The molecule has 19 heavy (non-hydrogen) atoms. The fraction of sp³-hybridized carbons (Fsp3) is 0.143. The molecule has 0 saturated carbocycles. The van der Waals surface area contributed by atoms with E-state index in [1.165, 1.54) is 12.1 Å². The van der Waals surface area contributed by atoms with Crippen LogP contribution in [0.4, 0.5) is 4.39 Å². The van der Waals surface area contributed by atoms with Gasteiger partial charge in [-0.1, -0.05) is 46.9 Å². The number of aliphatic hydroxyl groups excluding tert-OH is 1. The second-order valence-electron chi connectivity index (χ2n) is 4.10. The third kappa shape index (κ3) is 3.40. The Balaban J connectivity index is 2.25. The highest BCUT2D eigenvalue weighted by molar-refractivity contribution is 6.36. The molecule has 0 fully saturated rings. The zero-order valence-electron chi connectivity index (χ0n) is 9.71. The molecule has 0 amide bonds. The largest absolute Gasteiger partial charge is 0.388 e. The molecule has 0 aromatic heterocycles. The molecule has 0 aliphatic carbocycles. The van der Waals surface area contributed by atoms with E-state index in [1.54, 1.807) is 24.3 Å². The van der Waals surface area contributed by atoms with Crippen LogP contribution >= 0.6 is 34.8 Å². The number of benzene rings is 2. The van der Waals surface area contributed by atoms with E-state index >= 15 is 0 Å². The monoisotopic (exact) mass is 318 g/mol. The minimum absolute atomic E-state index is 0.0500. The lowest BCUT2D eigenvalue weighted by Crippen LogP contribution is -2.04. The van der Waals surface area contributed by atoms with Crippen LogP contribution in [0.3, 0.4) is 0 Å². The first-order valence-electron chi connectivity index (χ1n) is 5.55. The Morgan fingerprint density at radius 1 is 1.00 bits per heavy atom. The van der Waals surface area contributed by atoms with Crippen LogP contribution < -0.4 is 0 Å². The topological polar surface area (TPSA) is 20.2 Å². The predicted octanol–water partition coefficient (Wildman–Crippen LogP) is 5.06. The average molecular weight is 320 g/mol. The van der Waals surface area contributed by atoms with E-state index in [1.807, 2.05) is 0 Å². The molecule has 0 aliphatic rings. The molecular formula is C14H10Cl3FO. The molecule has 0 bridgehead atoms. The van der Waals surface area contributed by atoms with Crippen LogP contribution in [0.15, 0.2) is 36.4 Å². The molecule has 0 spiro atoms. The first-order chi connectivity index (χ1) is 8.99. The molecule has 2 aromatic rings. The number of aliphatic hydroxyl groups is 1. The quantitative estimate of drug-likeness (QED) is 0.838. The van der Waals surface area contributed by atoms with Crippen LogP contribution in [0.1, 0.15) is 17.2 Å². The van der Waals surface area contributed by atoms with Crippen LogP contribution in [0, 0.1) is 5.82 Å². The van der Waals surface area contributed by atoms with Crippen molar-refractivity contribution in [2.45, 2.75) is 12.5 Å². The minimum atomic E-state index is -0.901. The minimum Gasteiger partial charge on any atom is -0.388 e. The second-order valence-corrected chi connectivity index (χ2v) is 5.33. The van der Waals surface area contributed by atoms with Gasteiger partial charge in [0.05, 0.1) is 11.1 Å². The molecule has 1 nitrogen and oxygen atoms in total. The smallest absolute Gasteiger partial charge is 0.142 e. The van der Waals surface area contributed by atoms with Gasteiger partial charge in [-0.25, -0.2) is 4.39 Å². The van der Waals surface area contributed by atoms with Gasteiger partial charge in [0.15, 0.2) is 0 Å². The van der Waals surface area contributed by atoms with E-state index in [0.717, 1.165) is 0 Å². The molecule has 0 radical (unpaired) electrons. The fourth-order valence-corrected chi connectivity index (χ4v) is 2.59. The zero-order valence-corrected chi connectivity index (χ0v) is 12.0. The Morgan fingerprint density at radius 3 is 2.21 bits per heavy atom. The highest BCUT2D eigenvalue weighted by Gasteiger charge is 2.16. The van der Waals surface area contributed by atoms with Crippen molar-refractivity contribution in [2.24, 2.45) is 0 Å². The molecule has 0 aliphatic heterocycles. The Kier molecular flexibility index (Phi) is 4.69. The van der Waals surface area contributed by atoms with E-state index in [-0.39, 0.29) is 11.4 Å². The van der Waals surface area contributed by atoms with E-state index < -0.39 is 11.9 Å². The van der Waals surface area contributed by atoms with Crippen molar-refractivity contribution in [3.63, 3.8) is 0 Å². The van der Waals surface area contributed by atoms with Crippen LogP contribution in [0.2, 0.25) is 15.1 Å². The molecule has 0 heterocycles. The maximum absolute atomic E-state index is 13.3. The van der Waals surface area contributed by atoms with Crippen molar-refractivity contribution in [3.8, 4) is 0 Å². The Labute approximate surface area is 125 Å². The summed E-state index contributed by atoms with van der Waals surface area (Å²) in [5, 5.41) is 11.0. The summed E-state index contributed by atoms with van der Waals surface area (Å²) < 4.78 is 13.3. The molecule has 2 aromatic carbocycles. The Bertz CT molecular complexity index is 581. The van der Waals surface area contributed by atoms with Crippen molar-refractivity contribution in [1.82, 2.24) is 0 Å². The molecular weight excluding hydrogens is 310 g/mol. The van der Waals surface area contributed by atoms with Crippen molar-refractivity contribution in [3.05, 3.63) is 68.4 Å². The highest BCUT2D eigenvalue weighted by Crippen LogP contribution is 2.32. The molecule has 1 unspecified atom stereocenters. The number of halogens is 4. The lowest BCUT2D eigenvalue weighted by atomic mass is 10.0. The summed E-state index contributed by atoms with van der Waals surface area (Å²) >= 11 is 17.6. The van der Waals surface area contributed by atoms with Gasteiger partial charge in [-0.15, -0.1) is 0 Å². The average Bonchev–Trinajstić information content (AvgIpc) is 2.33. The van der Waals surface area contributed by atoms with E-state index in [0.29, 0.717) is 21.2 Å². The van der Waals surface area contributed by atoms with Gasteiger partial charge in [-0.2, -0.15) is 0 Å². The molecule has 1 N–H and O–H groups in total. The summed E-state index contributed by atoms with van der Waals surface area (Å²) in [7, 11) is 0. The number of hydrogen-bond donors (Lipinski definition) is 1. The van der Waals surface area contributed by atoms with Crippen LogP contribution in [0.25, 0.3) is 0 Å². The van der Waals surface area contributed by atoms with Crippen molar-refractivity contribution in [1.29, 1.82) is 0 Å². The number of rotatable bonds is 3. The lowest BCUT2D eigenvalue weighted by molar-refractivity contribution is 0.178. The summed E-state index contributed by atoms with van der Waals surface area (Å²) in [6.45, 7) is 0. The van der Waals surface area contributed by atoms with Crippen molar-refractivity contribution in [2.75, 3.05) is 0 Å².